The summed E-state index contributed by atoms with van der Waals surface area (Å²) in [6.07, 6.45) is 0.853. The number of carbonyl (C=O) groups excluding carboxylic acids is 2. The Morgan fingerprint density at radius 2 is 1.91 bits per heavy atom. The van der Waals surface area contributed by atoms with Crippen molar-refractivity contribution in [2.75, 3.05) is 20.8 Å². The molecule has 1 N–H and O–H groups in total. The smallest absolute Gasteiger partial charge is 0.309 e. The third-order valence-electron chi connectivity index (χ3n) is 3.70. The molecule has 1 aromatic carbocycles. The zero-order valence-corrected chi connectivity index (χ0v) is 13.0. The molecular weight excluding hydrogens is 286 g/mol. The van der Waals surface area contributed by atoms with Crippen LogP contribution in [0.25, 0.3) is 0 Å². The number of hydrogen-bond donors (Lipinski definition) is 1. The first-order valence-electron chi connectivity index (χ1n) is 7.19. The van der Waals surface area contributed by atoms with Gasteiger partial charge in [-0.2, -0.15) is 0 Å². The summed E-state index contributed by atoms with van der Waals surface area (Å²) in [4.78, 5) is 23.2. The molecule has 1 aliphatic carbocycles. The molecule has 0 heterocycles. The van der Waals surface area contributed by atoms with E-state index in [1.165, 1.54) is 0 Å². The zero-order chi connectivity index (χ0) is 16.1. The van der Waals surface area contributed by atoms with Crippen LogP contribution in [0.15, 0.2) is 18.2 Å². The minimum Gasteiger partial charge on any atom is -0.493 e. The first-order valence-corrected chi connectivity index (χ1v) is 7.19. The molecule has 0 radical (unpaired) electrons. The predicted molar refractivity (Wildman–Crippen MR) is 79.6 cm³/mol. The molecule has 0 unspecified atom stereocenters. The number of nitrogens with one attached hydrogen (secondary N) is 1. The molecule has 0 spiro atoms. The summed E-state index contributed by atoms with van der Waals surface area (Å²) >= 11 is 0. The van der Waals surface area contributed by atoms with E-state index in [-0.39, 0.29) is 24.4 Å². The fraction of sp³-hybridized carbons (Fsp3) is 0.500. The van der Waals surface area contributed by atoms with E-state index in [1.54, 1.807) is 26.4 Å². The van der Waals surface area contributed by atoms with Crippen LogP contribution in [-0.2, 0) is 20.9 Å². The third-order valence-corrected chi connectivity index (χ3v) is 3.70. The Kier molecular flexibility index (Phi) is 5.25. The molecule has 2 atom stereocenters. The van der Waals surface area contributed by atoms with Crippen molar-refractivity contribution in [2.45, 2.75) is 19.9 Å². The topological polar surface area (TPSA) is 73.9 Å². The Bertz CT molecular complexity index is 557. The second-order valence-electron chi connectivity index (χ2n) is 5.39. The van der Waals surface area contributed by atoms with Crippen molar-refractivity contribution in [1.82, 2.24) is 5.32 Å². The molecule has 0 bridgehead atoms. The maximum atomic E-state index is 11.7. The van der Waals surface area contributed by atoms with Crippen molar-refractivity contribution in [3.63, 3.8) is 0 Å². The highest BCUT2D eigenvalue weighted by molar-refractivity contribution is 5.82. The number of methoxy groups -OCH3 is 2. The van der Waals surface area contributed by atoms with Gasteiger partial charge in [-0.15, -0.1) is 0 Å². The Morgan fingerprint density at radius 3 is 2.50 bits per heavy atom. The van der Waals surface area contributed by atoms with Gasteiger partial charge >= 0.3 is 5.97 Å². The van der Waals surface area contributed by atoms with E-state index < -0.39 is 0 Å². The number of carbonyl (C=O) groups is 2. The lowest BCUT2D eigenvalue weighted by Crippen LogP contribution is -2.28. The van der Waals surface area contributed by atoms with Gasteiger partial charge in [-0.25, -0.2) is 0 Å². The zero-order valence-electron chi connectivity index (χ0n) is 13.0. The monoisotopic (exact) mass is 307 g/mol. The molecular formula is C16H21NO5. The summed E-state index contributed by atoms with van der Waals surface area (Å²) in [6.45, 7) is 2.08. The van der Waals surface area contributed by atoms with Crippen molar-refractivity contribution >= 4 is 11.9 Å². The SMILES string of the molecule is COc1ccc(CNC(=O)COC(=O)[C@H]2C[C@@H]2C)cc1OC. The number of benzene rings is 1. The van der Waals surface area contributed by atoms with Crippen molar-refractivity contribution in [2.24, 2.45) is 11.8 Å². The number of rotatable bonds is 7. The number of esters is 1. The van der Waals surface area contributed by atoms with Gasteiger partial charge in [-0.3, -0.25) is 9.59 Å². The van der Waals surface area contributed by atoms with Crippen molar-refractivity contribution in [3.8, 4) is 11.5 Å². The lowest BCUT2D eigenvalue weighted by molar-refractivity contribution is -0.150. The van der Waals surface area contributed by atoms with E-state index in [4.69, 9.17) is 14.2 Å². The van der Waals surface area contributed by atoms with Gasteiger partial charge in [0.15, 0.2) is 18.1 Å². The molecule has 1 saturated carbocycles. The standard InChI is InChI=1S/C16H21NO5/c1-10-6-12(10)16(19)22-9-15(18)17-8-11-4-5-13(20-2)14(7-11)21-3/h4-5,7,10,12H,6,8-9H2,1-3H3,(H,17,18)/t10-,12-/m0/s1. The Hall–Kier alpha value is -2.24. The van der Waals surface area contributed by atoms with E-state index in [9.17, 15) is 9.59 Å². The van der Waals surface area contributed by atoms with Gasteiger partial charge in [-0.1, -0.05) is 13.0 Å². The Labute approximate surface area is 129 Å². The van der Waals surface area contributed by atoms with Crippen LogP contribution in [0.2, 0.25) is 0 Å². The maximum Gasteiger partial charge on any atom is 0.309 e. The maximum absolute atomic E-state index is 11.7. The molecule has 0 aromatic heterocycles. The van der Waals surface area contributed by atoms with Crippen LogP contribution in [-0.4, -0.2) is 32.7 Å². The van der Waals surface area contributed by atoms with E-state index in [1.807, 2.05) is 13.0 Å². The summed E-state index contributed by atoms with van der Waals surface area (Å²) in [7, 11) is 3.12. The molecule has 0 aliphatic heterocycles. The average molecular weight is 307 g/mol. The molecule has 6 nitrogen and oxygen atoms in total. The summed E-state index contributed by atoms with van der Waals surface area (Å²) < 4.78 is 15.3. The minimum atomic E-state index is -0.323. The van der Waals surface area contributed by atoms with Crippen LogP contribution < -0.4 is 14.8 Å². The quantitative estimate of drug-likeness (QED) is 0.773. The average Bonchev–Trinajstić information content (AvgIpc) is 3.27. The summed E-state index contributed by atoms with van der Waals surface area (Å²) in [6, 6.07) is 5.39. The summed E-state index contributed by atoms with van der Waals surface area (Å²) in [5, 5.41) is 2.70. The highest BCUT2D eigenvalue weighted by Gasteiger charge is 2.40. The minimum absolute atomic E-state index is 0.0290. The second-order valence-corrected chi connectivity index (χ2v) is 5.39. The fourth-order valence-corrected chi connectivity index (χ4v) is 2.14. The second kappa shape index (κ2) is 7.15. The fourth-order valence-electron chi connectivity index (χ4n) is 2.14. The molecule has 0 saturated heterocycles. The van der Waals surface area contributed by atoms with E-state index in [2.05, 4.69) is 5.32 Å². The van der Waals surface area contributed by atoms with E-state index >= 15 is 0 Å². The molecule has 6 heteroatoms. The van der Waals surface area contributed by atoms with Crippen molar-refractivity contribution in [3.05, 3.63) is 23.8 Å². The van der Waals surface area contributed by atoms with Crippen LogP contribution in [0, 0.1) is 11.8 Å². The molecule has 2 rings (SSSR count). The van der Waals surface area contributed by atoms with Gasteiger partial charge < -0.3 is 19.5 Å². The lowest BCUT2D eigenvalue weighted by Gasteiger charge is -2.10. The Balaban J connectivity index is 1.77. The van der Waals surface area contributed by atoms with Crippen molar-refractivity contribution < 1.29 is 23.8 Å². The summed E-state index contributed by atoms with van der Waals surface area (Å²) in [5.41, 5.74) is 0.869. The van der Waals surface area contributed by atoms with Gasteiger partial charge in [0.25, 0.3) is 5.91 Å². The summed E-state index contributed by atoms with van der Waals surface area (Å²) in [5.74, 6) is 0.972. The molecule has 1 aromatic rings. The van der Waals surface area contributed by atoms with Crippen LogP contribution in [0.4, 0.5) is 0 Å². The highest BCUT2D eigenvalue weighted by atomic mass is 16.5. The number of ether oxygens (including phenoxy) is 3. The van der Waals surface area contributed by atoms with Crippen LogP contribution in [0.3, 0.4) is 0 Å². The number of hydrogen-bond acceptors (Lipinski definition) is 5. The van der Waals surface area contributed by atoms with Crippen LogP contribution >= 0.6 is 0 Å². The third kappa shape index (κ3) is 4.13. The van der Waals surface area contributed by atoms with Gasteiger partial charge in [0.05, 0.1) is 20.1 Å². The lowest BCUT2D eigenvalue weighted by atomic mass is 10.2. The van der Waals surface area contributed by atoms with E-state index in [0.29, 0.717) is 24.0 Å². The highest BCUT2D eigenvalue weighted by Crippen LogP contribution is 2.38. The van der Waals surface area contributed by atoms with Crippen LogP contribution in [0.5, 0.6) is 11.5 Å². The van der Waals surface area contributed by atoms with Crippen molar-refractivity contribution in [1.29, 1.82) is 0 Å². The normalized spacial score (nSPS) is 19.2. The van der Waals surface area contributed by atoms with Gasteiger partial charge in [-0.05, 0) is 30.0 Å². The molecule has 1 amide bonds. The molecule has 120 valence electrons. The van der Waals surface area contributed by atoms with Gasteiger partial charge in [0, 0.05) is 6.54 Å². The predicted octanol–water partition coefficient (Wildman–Crippen LogP) is 1.52. The molecule has 22 heavy (non-hydrogen) atoms. The van der Waals surface area contributed by atoms with Gasteiger partial charge in [0.2, 0.25) is 0 Å². The number of amides is 1. The van der Waals surface area contributed by atoms with Gasteiger partial charge in [0.1, 0.15) is 0 Å². The Morgan fingerprint density at radius 1 is 1.23 bits per heavy atom. The first-order chi connectivity index (χ1) is 10.5. The van der Waals surface area contributed by atoms with Crippen LogP contribution in [0.1, 0.15) is 18.9 Å². The molecule has 1 fully saturated rings. The van der Waals surface area contributed by atoms with E-state index in [0.717, 1.165) is 12.0 Å². The molecule has 1 aliphatic rings. The first kappa shape index (κ1) is 16.1. The largest absolute Gasteiger partial charge is 0.493 e.